The average molecular weight is 388 g/mol. The van der Waals surface area contributed by atoms with Crippen LogP contribution in [0, 0.1) is 0 Å². The summed E-state index contributed by atoms with van der Waals surface area (Å²) in [7, 11) is 3.23. The summed E-state index contributed by atoms with van der Waals surface area (Å²) >= 11 is 0. The average Bonchev–Trinajstić information content (AvgIpc) is 2.74. The summed E-state index contributed by atoms with van der Waals surface area (Å²) in [6, 6.07) is 18.9. The van der Waals surface area contributed by atoms with Gasteiger partial charge in [-0.1, -0.05) is 62.4 Å². The first kappa shape index (κ1) is 18.9. The van der Waals surface area contributed by atoms with Gasteiger partial charge in [-0.05, 0) is 12.1 Å². The molecule has 4 aromatic carbocycles. The van der Waals surface area contributed by atoms with Crippen molar-refractivity contribution < 1.29 is 19.7 Å². The van der Waals surface area contributed by atoms with Crippen molar-refractivity contribution in [2.24, 2.45) is 0 Å². The van der Waals surface area contributed by atoms with Crippen molar-refractivity contribution in [2.75, 3.05) is 14.2 Å². The number of phenols is 2. The molecular formula is C25H24O4. The van der Waals surface area contributed by atoms with Gasteiger partial charge in [0.2, 0.25) is 0 Å². The van der Waals surface area contributed by atoms with Crippen LogP contribution in [-0.2, 0) is 5.41 Å². The van der Waals surface area contributed by atoms with Crippen LogP contribution in [0.1, 0.15) is 25.0 Å². The molecule has 148 valence electrons. The number of aromatic hydroxyl groups is 2. The molecule has 0 amide bonds. The molecule has 2 N–H and O–H groups in total. The standard InChI is InChI=1S/C25H24O4/c1-25(2,19-13-21(28-3)15-9-5-7-11-17(15)23(19)26)20-14-22(29-4)16-10-6-8-12-18(16)24(20)27/h5-14,26-27H,1-4H3. The Balaban J connectivity index is 2.04. The maximum Gasteiger partial charge on any atom is 0.127 e. The van der Waals surface area contributed by atoms with Crippen LogP contribution in [0.4, 0.5) is 0 Å². The second-order valence-corrected chi connectivity index (χ2v) is 7.67. The first-order chi connectivity index (χ1) is 13.9. The van der Waals surface area contributed by atoms with E-state index in [-0.39, 0.29) is 11.5 Å². The number of rotatable bonds is 4. The SMILES string of the molecule is COc1cc(C(C)(C)c2cc(OC)c3ccccc3c2O)c(O)c2ccccc12. The van der Waals surface area contributed by atoms with Crippen LogP contribution in [0.25, 0.3) is 21.5 Å². The molecule has 29 heavy (non-hydrogen) atoms. The van der Waals surface area contributed by atoms with Gasteiger partial charge in [0.15, 0.2) is 0 Å². The number of fused-ring (bicyclic) bond motifs is 2. The minimum absolute atomic E-state index is 0.179. The summed E-state index contributed by atoms with van der Waals surface area (Å²) in [6.45, 7) is 3.94. The molecule has 0 unspecified atom stereocenters. The quantitative estimate of drug-likeness (QED) is 0.467. The van der Waals surface area contributed by atoms with E-state index in [1.165, 1.54) is 0 Å². The largest absolute Gasteiger partial charge is 0.507 e. The molecule has 0 saturated carbocycles. The molecule has 4 nitrogen and oxygen atoms in total. The van der Waals surface area contributed by atoms with Crippen LogP contribution in [0.15, 0.2) is 60.7 Å². The molecule has 4 heteroatoms. The molecule has 0 bridgehead atoms. The van der Waals surface area contributed by atoms with E-state index >= 15 is 0 Å². The fourth-order valence-corrected chi connectivity index (χ4v) is 4.09. The van der Waals surface area contributed by atoms with Crippen LogP contribution in [0.3, 0.4) is 0 Å². The van der Waals surface area contributed by atoms with Crippen molar-refractivity contribution in [1.29, 1.82) is 0 Å². The summed E-state index contributed by atoms with van der Waals surface area (Å²) in [4.78, 5) is 0. The first-order valence-corrected chi connectivity index (χ1v) is 9.48. The summed E-state index contributed by atoms with van der Waals surface area (Å²) in [6.07, 6.45) is 0. The second-order valence-electron chi connectivity index (χ2n) is 7.67. The van der Waals surface area contributed by atoms with E-state index in [2.05, 4.69) is 0 Å². The van der Waals surface area contributed by atoms with Gasteiger partial charge in [-0.15, -0.1) is 0 Å². The molecule has 4 rings (SSSR count). The molecule has 0 aliphatic heterocycles. The van der Waals surface area contributed by atoms with Crippen LogP contribution < -0.4 is 9.47 Å². The van der Waals surface area contributed by atoms with E-state index in [1.54, 1.807) is 14.2 Å². The third kappa shape index (κ3) is 2.83. The Kier molecular flexibility index (Phi) is 4.50. The van der Waals surface area contributed by atoms with E-state index in [9.17, 15) is 10.2 Å². The lowest BCUT2D eigenvalue weighted by Gasteiger charge is -2.30. The Bertz CT molecular complexity index is 1130. The normalized spacial score (nSPS) is 11.7. The Labute approximate surface area is 169 Å². The summed E-state index contributed by atoms with van der Waals surface area (Å²) in [5.74, 6) is 1.71. The summed E-state index contributed by atoms with van der Waals surface area (Å²) in [5, 5.41) is 25.4. The zero-order valence-electron chi connectivity index (χ0n) is 17.0. The second kappa shape index (κ2) is 6.89. The molecule has 0 aliphatic rings. The van der Waals surface area contributed by atoms with Gasteiger partial charge in [0, 0.05) is 38.1 Å². The maximum absolute atomic E-state index is 11.1. The molecule has 0 aromatic heterocycles. The molecule has 0 atom stereocenters. The Morgan fingerprint density at radius 2 is 0.966 bits per heavy atom. The van der Waals surface area contributed by atoms with Gasteiger partial charge in [0.25, 0.3) is 0 Å². The molecule has 0 radical (unpaired) electrons. The number of benzene rings is 4. The molecule has 0 fully saturated rings. The fraction of sp³-hybridized carbons (Fsp3) is 0.200. The first-order valence-electron chi connectivity index (χ1n) is 9.48. The van der Waals surface area contributed by atoms with Crippen LogP contribution in [-0.4, -0.2) is 24.4 Å². The van der Waals surface area contributed by atoms with Crippen LogP contribution in [0.5, 0.6) is 23.0 Å². The monoisotopic (exact) mass is 388 g/mol. The van der Waals surface area contributed by atoms with Crippen molar-refractivity contribution in [2.45, 2.75) is 19.3 Å². The van der Waals surface area contributed by atoms with E-state index in [0.29, 0.717) is 33.4 Å². The third-order valence-corrected chi connectivity index (χ3v) is 5.74. The van der Waals surface area contributed by atoms with E-state index in [1.807, 2.05) is 74.5 Å². The number of methoxy groups -OCH3 is 2. The Morgan fingerprint density at radius 1 is 0.621 bits per heavy atom. The van der Waals surface area contributed by atoms with Crippen molar-refractivity contribution in [1.82, 2.24) is 0 Å². The highest BCUT2D eigenvalue weighted by Crippen LogP contribution is 2.49. The fourth-order valence-electron chi connectivity index (χ4n) is 4.09. The van der Waals surface area contributed by atoms with Gasteiger partial charge in [0.1, 0.15) is 23.0 Å². The zero-order chi connectivity index (χ0) is 20.8. The predicted molar refractivity (Wildman–Crippen MR) is 116 cm³/mol. The van der Waals surface area contributed by atoms with Gasteiger partial charge in [0.05, 0.1) is 14.2 Å². The molecule has 0 saturated heterocycles. The lowest BCUT2D eigenvalue weighted by molar-refractivity contribution is 0.407. The molecule has 4 aromatic rings. The minimum Gasteiger partial charge on any atom is -0.507 e. The van der Waals surface area contributed by atoms with Crippen molar-refractivity contribution >= 4 is 21.5 Å². The lowest BCUT2D eigenvalue weighted by Crippen LogP contribution is -2.20. The van der Waals surface area contributed by atoms with Crippen molar-refractivity contribution in [3.05, 3.63) is 71.8 Å². The highest BCUT2D eigenvalue weighted by molar-refractivity contribution is 5.97. The predicted octanol–water partition coefficient (Wildman–Crippen LogP) is 5.75. The summed E-state index contributed by atoms with van der Waals surface area (Å²) in [5.41, 5.74) is 0.615. The zero-order valence-corrected chi connectivity index (χ0v) is 17.0. The number of phenolic OH excluding ortho intramolecular Hbond substituents is 2. The van der Waals surface area contributed by atoms with Crippen molar-refractivity contribution in [3.63, 3.8) is 0 Å². The van der Waals surface area contributed by atoms with E-state index in [0.717, 1.165) is 10.8 Å². The Hall–Kier alpha value is -3.40. The smallest absolute Gasteiger partial charge is 0.127 e. The number of ether oxygens (including phenoxy) is 2. The third-order valence-electron chi connectivity index (χ3n) is 5.74. The highest BCUT2D eigenvalue weighted by atomic mass is 16.5. The van der Waals surface area contributed by atoms with E-state index < -0.39 is 5.41 Å². The lowest BCUT2D eigenvalue weighted by atomic mass is 9.75. The topological polar surface area (TPSA) is 58.9 Å². The molecule has 0 heterocycles. The Morgan fingerprint density at radius 3 is 1.31 bits per heavy atom. The van der Waals surface area contributed by atoms with Gasteiger partial charge in [-0.3, -0.25) is 0 Å². The number of hydrogen-bond donors (Lipinski definition) is 2. The van der Waals surface area contributed by atoms with E-state index in [4.69, 9.17) is 9.47 Å². The maximum atomic E-state index is 11.1. The van der Waals surface area contributed by atoms with Gasteiger partial charge < -0.3 is 19.7 Å². The van der Waals surface area contributed by atoms with Crippen LogP contribution >= 0.6 is 0 Å². The highest BCUT2D eigenvalue weighted by Gasteiger charge is 2.32. The summed E-state index contributed by atoms with van der Waals surface area (Å²) < 4.78 is 11.2. The molecule has 0 aliphatic carbocycles. The van der Waals surface area contributed by atoms with Gasteiger partial charge >= 0.3 is 0 Å². The molecule has 0 spiro atoms. The van der Waals surface area contributed by atoms with Gasteiger partial charge in [-0.25, -0.2) is 0 Å². The number of hydrogen-bond acceptors (Lipinski definition) is 4. The van der Waals surface area contributed by atoms with Gasteiger partial charge in [-0.2, -0.15) is 0 Å². The van der Waals surface area contributed by atoms with Crippen LogP contribution in [0.2, 0.25) is 0 Å². The molecular weight excluding hydrogens is 364 g/mol. The van der Waals surface area contributed by atoms with Crippen molar-refractivity contribution in [3.8, 4) is 23.0 Å². The minimum atomic E-state index is -0.719.